The minimum Gasteiger partial charge on any atom is -0.497 e. The summed E-state index contributed by atoms with van der Waals surface area (Å²) in [6.45, 7) is 0. The second kappa shape index (κ2) is 13.6. The Morgan fingerprint density at radius 1 is 0.894 bits per heavy atom. The Morgan fingerprint density at radius 3 is 2.02 bits per heavy atom. The second-order valence-corrected chi connectivity index (χ2v) is 11.1. The first-order chi connectivity index (χ1) is 22.8. The zero-order chi connectivity index (χ0) is 33.0. The molecular formula is C36H34N4O7. The first-order valence-electron chi connectivity index (χ1n) is 15.0. The summed E-state index contributed by atoms with van der Waals surface area (Å²) in [5, 5.41) is 26.6. The molecule has 1 aliphatic rings. The third kappa shape index (κ3) is 6.11. The molecule has 0 spiro atoms. The van der Waals surface area contributed by atoms with E-state index in [2.05, 4.69) is 15.3 Å². The summed E-state index contributed by atoms with van der Waals surface area (Å²) in [7, 11) is 3.16. The molecule has 1 amide bonds. The maximum atomic E-state index is 13.2. The number of hydrogen-bond donors (Lipinski definition) is 3. The van der Waals surface area contributed by atoms with Crippen molar-refractivity contribution in [3.63, 3.8) is 0 Å². The number of anilines is 1. The molecule has 1 saturated heterocycles. The lowest BCUT2D eigenvalue weighted by Gasteiger charge is -2.43. The lowest BCUT2D eigenvalue weighted by Crippen LogP contribution is -2.51. The van der Waals surface area contributed by atoms with E-state index >= 15 is 0 Å². The molecule has 1 fully saturated rings. The van der Waals surface area contributed by atoms with Gasteiger partial charge in [0.25, 0.3) is 5.91 Å². The molecule has 2 aromatic heterocycles. The van der Waals surface area contributed by atoms with Gasteiger partial charge in [0.2, 0.25) is 0 Å². The van der Waals surface area contributed by atoms with E-state index in [1.807, 2.05) is 78.9 Å². The predicted molar refractivity (Wildman–Crippen MR) is 174 cm³/mol. The molecule has 240 valence electrons. The van der Waals surface area contributed by atoms with Crippen LogP contribution in [0.3, 0.4) is 0 Å². The van der Waals surface area contributed by atoms with Crippen molar-refractivity contribution in [1.29, 1.82) is 0 Å². The monoisotopic (exact) mass is 634 g/mol. The van der Waals surface area contributed by atoms with Crippen LogP contribution in [0.1, 0.15) is 39.7 Å². The number of pyridine rings is 1. The standard InChI is InChI=1S/C36H34N4O7/c1-45-27-12-8-25(9-13-27)36(24-6-4-3-5-7-24,26-10-14-28(46-2)15-11-26)33(42)32-29(41)22-31(47-32)40-21-18-30(39-35(40)44)38-34(43)23-16-19-37-20-17-23/h3-21,29,31-33,41-42H,22H2,1-2H3,(H,38,39,43,44)/t29-,31+,32-,33?/m0/s1. The van der Waals surface area contributed by atoms with Gasteiger partial charge in [0.15, 0.2) is 0 Å². The van der Waals surface area contributed by atoms with Gasteiger partial charge in [-0.05, 0) is 59.2 Å². The van der Waals surface area contributed by atoms with Crippen LogP contribution in [-0.2, 0) is 10.2 Å². The van der Waals surface area contributed by atoms with Crippen LogP contribution in [0.4, 0.5) is 5.82 Å². The van der Waals surface area contributed by atoms with Crippen molar-refractivity contribution < 1.29 is 29.2 Å². The van der Waals surface area contributed by atoms with Gasteiger partial charge in [0.05, 0.1) is 25.7 Å². The quantitative estimate of drug-likeness (QED) is 0.195. The number of ether oxygens (including phenoxy) is 3. The Bertz CT molecular complexity index is 1820. The van der Waals surface area contributed by atoms with E-state index in [0.717, 1.165) is 16.7 Å². The summed E-state index contributed by atoms with van der Waals surface area (Å²) >= 11 is 0. The fourth-order valence-electron chi connectivity index (χ4n) is 6.19. The SMILES string of the molecule is COc1ccc(C(c2ccccc2)(c2ccc(OC)cc2)C(O)[C@H]2O[C@@H](n3ccc(NC(=O)c4ccncc4)nc3=O)C[C@@H]2O)cc1. The van der Waals surface area contributed by atoms with Gasteiger partial charge >= 0.3 is 5.69 Å². The summed E-state index contributed by atoms with van der Waals surface area (Å²) in [5.41, 5.74) is 0.662. The van der Waals surface area contributed by atoms with Crippen molar-refractivity contribution in [2.45, 2.75) is 36.4 Å². The number of carbonyl (C=O) groups is 1. The van der Waals surface area contributed by atoms with Gasteiger partial charge in [-0.2, -0.15) is 4.98 Å². The molecule has 0 radical (unpaired) electrons. The molecular weight excluding hydrogens is 600 g/mol. The Hall–Kier alpha value is -5.36. The van der Waals surface area contributed by atoms with Crippen LogP contribution in [0.2, 0.25) is 0 Å². The van der Waals surface area contributed by atoms with Gasteiger partial charge in [-0.1, -0.05) is 54.6 Å². The molecule has 11 heteroatoms. The summed E-state index contributed by atoms with van der Waals surface area (Å²) in [4.78, 5) is 33.6. The van der Waals surface area contributed by atoms with Crippen LogP contribution in [-0.4, -0.2) is 63.2 Å². The molecule has 3 N–H and O–H groups in total. The highest BCUT2D eigenvalue weighted by Gasteiger charge is 2.52. The number of carbonyl (C=O) groups excluding carboxylic acids is 1. The molecule has 1 unspecified atom stereocenters. The number of methoxy groups -OCH3 is 2. The minimum absolute atomic E-state index is 0.0160. The number of nitrogens with zero attached hydrogens (tertiary/aromatic N) is 3. The number of rotatable bonds is 10. The highest BCUT2D eigenvalue weighted by molar-refractivity contribution is 6.03. The molecule has 3 heterocycles. The predicted octanol–water partition coefficient (Wildman–Crippen LogP) is 3.95. The first-order valence-corrected chi connectivity index (χ1v) is 15.0. The fraction of sp³-hybridized carbons (Fsp3) is 0.222. The highest BCUT2D eigenvalue weighted by Crippen LogP contribution is 2.47. The van der Waals surface area contributed by atoms with E-state index in [4.69, 9.17) is 14.2 Å². The molecule has 47 heavy (non-hydrogen) atoms. The maximum Gasteiger partial charge on any atom is 0.351 e. The van der Waals surface area contributed by atoms with Crippen molar-refractivity contribution in [2.24, 2.45) is 0 Å². The molecule has 11 nitrogen and oxygen atoms in total. The topological polar surface area (TPSA) is 145 Å². The maximum absolute atomic E-state index is 13.2. The molecule has 0 aliphatic carbocycles. The minimum atomic E-state index is -1.34. The van der Waals surface area contributed by atoms with E-state index in [-0.39, 0.29) is 12.2 Å². The fourth-order valence-corrected chi connectivity index (χ4v) is 6.19. The lowest BCUT2D eigenvalue weighted by molar-refractivity contribution is -0.0976. The van der Waals surface area contributed by atoms with Gasteiger partial charge < -0.3 is 29.7 Å². The van der Waals surface area contributed by atoms with E-state index in [0.29, 0.717) is 17.1 Å². The van der Waals surface area contributed by atoms with Crippen molar-refractivity contribution in [3.8, 4) is 11.5 Å². The number of amides is 1. The lowest BCUT2D eigenvalue weighted by atomic mass is 9.64. The Labute approximate surface area is 271 Å². The Kier molecular flexibility index (Phi) is 9.12. The van der Waals surface area contributed by atoms with Crippen LogP contribution >= 0.6 is 0 Å². The molecule has 0 bridgehead atoms. The molecule has 1 aliphatic heterocycles. The largest absolute Gasteiger partial charge is 0.497 e. The number of aromatic nitrogens is 3. The van der Waals surface area contributed by atoms with Crippen molar-refractivity contribution in [3.05, 3.63) is 148 Å². The molecule has 4 atom stereocenters. The van der Waals surface area contributed by atoms with E-state index in [9.17, 15) is 19.8 Å². The zero-order valence-electron chi connectivity index (χ0n) is 25.8. The summed E-state index contributed by atoms with van der Waals surface area (Å²) in [6.07, 6.45) is -0.102. The van der Waals surface area contributed by atoms with E-state index in [1.54, 1.807) is 26.4 Å². The van der Waals surface area contributed by atoms with Gasteiger partial charge in [-0.15, -0.1) is 0 Å². The average Bonchev–Trinajstić information content (AvgIpc) is 3.50. The highest BCUT2D eigenvalue weighted by atomic mass is 16.5. The number of aliphatic hydroxyl groups excluding tert-OH is 2. The van der Waals surface area contributed by atoms with Gasteiger partial charge in [0, 0.05) is 30.6 Å². The van der Waals surface area contributed by atoms with Crippen molar-refractivity contribution in [1.82, 2.24) is 14.5 Å². The molecule has 3 aromatic carbocycles. The number of aliphatic hydroxyl groups is 2. The zero-order valence-corrected chi connectivity index (χ0v) is 25.8. The van der Waals surface area contributed by atoms with Gasteiger partial charge in [-0.3, -0.25) is 14.3 Å². The molecule has 0 saturated carbocycles. The molecule has 5 aromatic rings. The third-order valence-electron chi connectivity index (χ3n) is 8.54. The molecule has 6 rings (SSSR count). The number of nitrogens with one attached hydrogen (secondary N) is 1. The van der Waals surface area contributed by atoms with Crippen molar-refractivity contribution in [2.75, 3.05) is 19.5 Å². The van der Waals surface area contributed by atoms with Gasteiger partial charge in [-0.25, -0.2) is 4.79 Å². The Morgan fingerprint density at radius 2 is 1.47 bits per heavy atom. The summed E-state index contributed by atoms with van der Waals surface area (Å²) < 4.78 is 18.4. The average molecular weight is 635 g/mol. The van der Waals surface area contributed by atoms with Crippen LogP contribution in [0.25, 0.3) is 0 Å². The van der Waals surface area contributed by atoms with Crippen molar-refractivity contribution >= 4 is 11.7 Å². The van der Waals surface area contributed by atoms with Crippen LogP contribution in [0, 0.1) is 0 Å². The number of hydrogen-bond acceptors (Lipinski definition) is 9. The summed E-state index contributed by atoms with van der Waals surface area (Å²) in [5.74, 6) is 0.904. The van der Waals surface area contributed by atoms with Gasteiger partial charge in [0.1, 0.15) is 35.8 Å². The second-order valence-electron chi connectivity index (χ2n) is 11.1. The third-order valence-corrected chi connectivity index (χ3v) is 8.54. The van der Waals surface area contributed by atoms with Crippen LogP contribution in [0.5, 0.6) is 11.5 Å². The normalized spacial score (nSPS) is 18.3. The van der Waals surface area contributed by atoms with Crippen LogP contribution < -0.4 is 20.5 Å². The smallest absolute Gasteiger partial charge is 0.351 e. The summed E-state index contributed by atoms with van der Waals surface area (Å²) in [6, 6.07) is 28.9. The Balaban J connectivity index is 1.36. The van der Waals surface area contributed by atoms with E-state index < -0.39 is 41.6 Å². The number of benzene rings is 3. The van der Waals surface area contributed by atoms with E-state index in [1.165, 1.54) is 29.2 Å². The first kappa shape index (κ1) is 31.6. The van der Waals surface area contributed by atoms with Crippen LogP contribution in [0.15, 0.2) is 120 Å².